The molecule has 0 N–H and O–H groups in total. The van der Waals surface area contributed by atoms with Gasteiger partial charge in [0.05, 0.1) is 35.4 Å². The van der Waals surface area contributed by atoms with Gasteiger partial charge in [0.1, 0.15) is 12.2 Å². The standard InChI is InChI=1S/C32H36N4O2/c1-20(2)26-18-35(6)30(34-26)22-13-16-25-27(17-22)36(19-33-25)29-24(32(3,4)5)15-14-23(28(29)31(37)38-7)21-11-9-8-10-12-21/h8-17,19-20,26H,18H2,1-7H3. The Bertz CT molecular complexity index is 1530. The zero-order valence-electron chi connectivity index (χ0n) is 23.3. The molecule has 1 aliphatic rings. The van der Waals surface area contributed by atoms with Gasteiger partial charge in [-0.3, -0.25) is 9.56 Å². The van der Waals surface area contributed by atoms with E-state index in [9.17, 15) is 4.79 Å². The number of hydrogen-bond acceptors (Lipinski definition) is 5. The predicted octanol–water partition coefficient (Wildman–Crippen LogP) is 6.49. The first-order valence-electron chi connectivity index (χ1n) is 13.2. The molecule has 0 amide bonds. The molecule has 0 radical (unpaired) electrons. The molecule has 2 heterocycles. The van der Waals surface area contributed by atoms with E-state index in [4.69, 9.17) is 14.7 Å². The van der Waals surface area contributed by atoms with E-state index in [1.165, 1.54) is 7.11 Å². The number of nitrogens with zero attached hydrogens (tertiary/aromatic N) is 4. The fourth-order valence-electron chi connectivity index (χ4n) is 5.26. The van der Waals surface area contributed by atoms with E-state index in [1.54, 1.807) is 0 Å². The van der Waals surface area contributed by atoms with E-state index in [1.807, 2.05) is 53.4 Å². The smallest absolute Gasteiger partial charge is 0.340 e. The molecule has 4 aromatic rings. The highest BCUT2D eigenvalue weighted by Crippen LogP contribution is 2.38. The second-order valence-corrected chi connectivity index (χ2v) is 11.5. The van der Waals surface area contributed by atoms with Crippen LogP contribution in [0.3, 0.4) is 0 Å². The van der Waals surface area contributed by atoms with Crippen molar-refractivity contribution in [1.29, 1.82) is 0 Å². The fraction of sp³-hybridized carbons (Fsp3) is 0.344. The first-order valence-corrected chi connectivity index (χ1v) is 13.2. The molecule has 38 heavy (non-hydrogen) atoms. The molecule has 6 heteroatoms. The average molecular weight is 509 g/mol. The zero-order valence-corrected chi connectivity index (χ0v) is 23.3. The van der Waals surface area contributed by atoms with Crippen molar-refractivity contribution in [2.24, 2.45) is 10.9 Å². The molecule has 5 rings (SSSR count). The van der Waals surface area contributed by atoms with Crippen molar-refractivity contribution in [2.45, 2.75) is 46.1 Å². The van der Waals surface area contributed by atoms with E-state index < -0.39 is 0 Å². The lowest BCUT2D eigenvalue weighted by Gasteiger charge is -2.27. The van der Waals surface area contributed by atoms with Crippen LogP contribution in [0, 0.1) is 5.92 Å². The van der Waals surface area contributed by atoms with Gasteiger partial charge in [-0.2, -0.15) is 0 Å². The van der Waals surface area contributed by atoms with Crippen LogP contribution in [0.4, 0.5) is 0 Å². The summed E-state index contributed by atoms with van der Waals surface area (Å²) in [6, 6.07) is 20.7. The molecule has 0 bridgehead atoms. The number of methoxy groups -OCH3 is 1. The number of rotatable bonds is 5. The van der Waals surface area contributed by atoms with Crippen LogP contribution in [0.25, 0.3) is 27.8 Å². The Hall–Kier alpha value is -3.93. The Balaban J connectivity index is 1.79. The number of likely N-dealkylation sites (N-methyl/N-ethyl adjacent to an activating group) is 1. The van der Waals surface area contributed by atoms with Crippen molar-refractivity contribution in [3.63, 3.8) is 0 Å². The Labute approximate surface area is 225 Å². The van der Waals surface area contributed by atoms with Crippen molar-refractivity contribution >= 4 is 22.8 Å². The van der Waals surface area contributed by atoms with Crippen LogP contribution in [0.1, 0.15) is 56.1 Å². The quantitative estimate of drug-likeness (QED) is 0.289. The monoisotopic (exact) mass is 508 g/mol. The van der Waals surface area contributed by atoms with Gasteiger partial charge in [-0.05, 0) is 46.2 Å². The van der Waals surface area contributed by atoms with Gasteiger partial charge < -0.3 is 9.64 Å². The summed E-state index contributed by atoms with van der Waals surface area (Å²) in [4.78, 5) is 25.5. The summed E-state index contributed by atoms with van der Waals surface area (Å²) in [6.07, 6.45) is 1.82. The zero-order chi connectivity index (χ0) is 27.2. The summed E-state index contributed by atoms with van der Waals surface area (Å²) in [5, 5.41) is 0. The SMILES string of the molecule is COC(=O)c1c(-c2ccccc2)ccc(C(C)(C)C)c1-n1cnc2ccc(C3=NC(C(C)C)CN3C)cc21. The molecule has 196 valence electrons. The van der Waals surface area contributed by atoms with E-state index in [0.29, 0.717) is 11.5 Å². The summed E-state index contributed by atoms with van der Waals surface area (Å²) in [7, 11) is 3.53. The van der Waals surface area contributed by atoms with Gasteiger partial charge in [-0.15, -0.1) is 0 Å². The number of carbonyl (C=O) groups excluding carboxylic acids is 1. The van der Waals surface area contributed by atoms with Crippen LogP contribution in [0.15, 0.2) is 72.0 Å². The Morgan fingerprint density at radius 1 is 1.03 bits per heavy atom. The number of hydrogen-bond donors (Lipinski definition) is 0. The number of carbonyl (C=O) groups is 1. The Morgan fingerprint density at radius 2 is 1.76 bits per heavy atom. The van der Waals surface area contributed by atoms with Crippen molar-refractivity contribution < 1.29 is 9.53 Å². The van der Waals surface area contributed by atoms with Crippen LogP contribution in [0.2, 0.25) is 0 Å². The van der Waals surface area contributed by atoms with Gasteiger partial charge in [-0.25, -0.2) is 9.78 Å². The molecule has 1 unspecified atom stereocenters. The molecule has 3 aromatic carbocycles. The van der Waals surface area contributed by atoms with Crippen molar-refractivity contribution in [1.82, 2.24) is 14.5 Å². The highest BCUT2D eigenvalue weighted by atomic mass is 16.5. The lowest BCUT2D eigenvalue weighted by molar-refractivity contribution is 0.0601. The highest BCUT2D eigenvalue weighted by molar-refractivity contribution is 6.04. The molecule has 0 saturated carbocycles. The van der Waals surface area contributed by atoms with Crippen LogP contribution in [-0.4, -0.2) is 53.0 Å². The van der Waals surface area contributed by atoms with Gasteiger partial charge >= 0.3 is 5.97 Å². The third-order valence-electron chi connectivity index (χ3n) is 7.39. The first kappa shape index (κ1) is 25.7. The molecular formula is C32H36N4O2. The third-order valence-corrected chi connectivity index (χ3v) is 7.39. The number of ether oxygens (including phenoxy) is 1. The van der Waals surface area contributed by atoms with Gasteiger partial charge in [0.15, 0.2) is 0 Å². The number of aliphatic imine (C=N–C) groups is 1. The molecule has 1 atom stereocenters. The molecule has 0 spiro atoms. The van der Waals surface area contributed by atoms with E-state index in [-0.39, 0.29) is 17.4 Å². The van der Waals surface area contributed by atoms with Gasteiger partial charge in [0.2, 0.25) is 0 Å². The molecule has 0 saturated heterocycles. The summed E-state index contributed by atoms with van der Waals surface area (Å²) >= 11 is 0. The maximum Gasteiger partial charge on any atom is 0.340 e. The minimum atomic E-state index is -0.373. The number of benzene rings is 3. The van der Waals surface area contributed by atoms with Crippen molar-refractivity contribution in [3.05, 3.63) is 83.7 Å². The average Bonchev–Trinajstić information content (AvgIpc) is 3.50. The van der Waals surface area contributed by atoms with Crippen LogP contribution < -0.4 is 0 Å². The normalized spacial score (nSPS) is 15.8. The molecule has 1 aliphatic heterocycles. The maximum atomic E-state index is 13.5. The summed E-state index contributed by atoms with van der Waals surface area (Å²) in [6.45, 7) is 11.8. The van der Waals surface area contributed by atoms with Gasteiger partial charge in [-0.1, -0.05) is 77.1 Å². The molecule has 6 nitrogen and oxygen atoms in total. The molecule has 1 aromatic heterocycles. The van der Waals surface area contributed by atoms with Crippen LogP contribution in [-0.2, 0) is 10.2 Å². The Kier molecular flexibility index (Phi) is 6.59. The molecular weight excluding hydrogens is 472 g/mol. The molecule has 0 fully saturated rings. The predicted molar refractivity (Wildman–Crippen MR) is 154 cm³/mol. The summed E-state index contributed by atoms with van der Waals surface area (Å²) in [5.74, 6) is 1.09. The summed E-state index contributed by atoms with van der Waals surface area (Å²) < 4.78 is 7.42. The van der Waals surface area contributed by atoms with Crippen LogP contribution in [0.5, 0.6) is 0 Å². The van der Waals surface area contributed by atoms with Gasteiger partial charge in [0.25, 0.3) is 0 Å². The maximum absolute atomic E-state index is 13.5. The number of imidazole rings is 1. The van der Waals surface area contributed by atoms with E-state index in [0.717, 1.165) is 51.4 Å². The number of amidine groups is 1. The summed E-state index contributed by atoms with van der Waals surface area (Å²) in [5.41, 5.74) is 6.75. The van der Waals surface area contributed by atoms with E-state index >= 15 is 0 Å². The third kappa shape index (κ3) is 4.49. The topological polar surface area (TPSA) is 59.7 Å². The van der Waals surface area contributed by atoms with E-state index in [2.05, 4.69) is 64.8 Å². The first-order chi connectivity index (χ1) is 18.1. The Morgan fingerprint density at radius 3 is 2.39 bits per heavy atom. The fourth-order valence-corrected chi connectivity index (χ4v) is 5.26. The second-order valence-electron chi connectivity index (χ2n) is 11.5. The number of esters is 1. The minimum Gasteiger partial charge on any atom is -0.465 e. The highest BCUT2D eigenvalue weighted by Gasteiger charge is 2.30. The number of fused-ring (bicyclic) bond motifs is 1. The second kappa shape index (κ2) is 9.75. The largest absolute Gasteiger partial charge is 0.465 e. The van der Waals surface area contributed by atoms with Crippen molar-refractivity contribution in [2.75, 3.05) is 20.7 Å². The van der Waals surface area contributed by atoms with Gasteiger partial charge in [0, 0.05) is 19.2 Å². The minimum absolute atomic E-state index is 0.234. The number of aromatic nitrogens is 2. The van der Waals surface area contributed by atoms with Crippen molar-refractivity contribution in [3.8, 4) is 16.8 Å². The lowest BCUT2D eigenvalue weighted by Crippen LogP contribution is -2.27. The lowest BCUT2D eigenvalue weighted by atomic mass is 9.82. The molecule has 0 aliphatic carbocycles. The van der Waals surface area contributed by atoms with Crippen LogP contribution >= 0.6 is 0 Å².